The standard InChI is InChI=1S/C15H25N3O/c1-2-19-14-9-6-11-17-15(14)18(12-10-16)13-7-4-3-5-8-13/h6,9,11,13H,2-5,7-8,10,12,16H2,1H3. The second-order valence-electron chi connectivity index (χ2n) is 5.03. The monoisotopic (exact) mass is 263 g/mol. The van der Waals surface area contributed by atoms with Crippen LogP contribution in [0.3, 0.4) is 0 Å². The molecule has 2 rings (SSSR count). The van der Waals surface area contributed by atoms with Crippen molar-refractivity contribution in [3.05, 3.63) is 18.3 Å². The van der Waals surface area contributed by atoms with Gasteiger partial charge in [0, 0.05) is 25.3 Å². The predicted molar refractivity (Wildman–Crippen MR) is 78.7 cm³/mol. The second kappa shape index (κ2) is 7.34. The summed E-state index contributed by atoms with van der Waals surface area (Å²) in [5, 5.41) is 0. The Kier molecular flexibility index (Phi) is 5.45. The van der Waals surface area contributed by atoms with Crippen molar-refractivity contribution in [2.45, 2.75) is 45.1 Å². The molecule has 0 aromatic carbocycles. The van der Waals surface area contributed by atoms with Crippen molar-refractivity contribution in [1.29, 1.82) is 0 Å². The van der Waals surface area contributed by atoms with E-state index in [0.29, 0.717) is 19.2 Å². The van der Waals surface area contributed by atoms with Gasteiger partial charge in [0.05, 0.1) is 6.61 Å². The molecule has 4 nitrogen and oxygen atoms in total. The number of pyridine rings is 1. The largest absolute Gasteiger partial charge is 0.490 e. The Morgan fingerprint density at radius 3 is 2.84 bits per heavy atom. The second-order valence-corrected chi connectivity index (χ2v) is 5.03. The highest BCUT2D eigenvalue weighted by atomic mass is 16.5. The average Bonchev–Trinajstić information content (AvgIpc) is 2.47. The fourth-order valence-electron chi connectivity index (χ4n) is 2.86. The van der Waals surface area contributed by atoms with Gasteiger partial charge in [-0.2, -0.15) is 0 Å². The number of aromatic nitrogens is 1. The summed E-state index contributed by atoms with van der Waals surface area (Å²) in [5.74, 6) is 1.84. The van der Waals surface area contributed by atoms with Crippen LogP contribution in [-0.4, -0.2) is 30.7 Å². The number of anilines is 1. The van der Waals surface area contributed by atoms with Crippen LogP contribution < -0.4 is 15.4 Å². The van der Waals surface area contributed by atoms with Gasteiger partial charge in [-0.25, -0.2) is 4.98 Å². The number of hydrogen-bond acceptors (Lipinski definition) is 4. The van der Waals surface area contributed by atoms with Crippen LogP contribution in [0, 0.1) is 0 Å². The van der Waals surface area contributed by atoms with Gasteiger partial charge in [-0.05, 0) is 31.9 Å². The van der Waals surface area contributed by atoms with E-state index < -0.39 is 0 Å². The van der Waals surface area contributed by atoms with Crippen LogP contribution in [0.15, 0.2) is 18.3 Å². The van der Waals surface area contributed by atoms with E-state index in [-0.39, 0.29) is 0 Å². The summed E-state index contributed by atoms with van der Waals surface area (Å²) in [6.07, 6.45) is 8.28. The number of hydrogen-bond donors (Lipinski definition) is 1. The van der Waals surface area contributed by atoms with E-state index in [0.717, 1.165) is 18.1 Å². The topological polar surface area (TPSA) is 51.4 Å². The minimum Gasteiger partial charge on any atom is -0.490 e. The number of ether oxygens (including phenoxy) is 1. The third-order valence-corrected chi connectivity index (χ3v) is 3.71. The zero-order valence-corrected chi connectivity index (χ0v) is 11.8. The minimum absolute atomic E-state index is 0.561. The van der Waals surface area contributed by atoms with Crippen LogP contribution in [0.1, 0.15) is 39.0 Å². The molecule has 1 aliphatic rings. The normalized spacial score (nSPS) is 16.3. The number of rotatable bonds is 6. The maximum absolute atomic E-state index is 5.79. The summed E-state index contributed by atoms with van der Waals surface area (Å²) in [7, 11) is 0. The van der Waals surface area contributed by atoms with Crippen molar-refractivity contribution in [2.24, 2.45) is 5.73 Å². The van der Waals surface area contributed by atoms with Crippen LogP contribution in [0.2, 0.25) is 0 Å². The van der Waals surface area contributed by atoms with E-state index in [1.807, 2.05) is 25.3 Å². The number of nitrogens with zero attached hydrogens (tertiary/aromatic N) is 2. The summed E-state index contributed by atoms with van der Waals surface area (Å²) >= 11 is 0. The lowest BCUT2D eigenvalue weighted by Crippen LogP contribution is -2.40. The molecule has 1 aromatic rings. The molecule has 1 heterocycles. The van der Waals surface area contributed by atoms with Crippen LogP contribution in [0.5, 0.6) is 5.75 Å². The highest BCUT2D eigenvalue weighted by Gasteiger charge is 2.24. The average molecular weight is 263 g/mol. The Morgan fingerprint density at radius 1 is 1.37 bits per heavy atom. The highest BCUT2D eigenvalue weighted by molar-refractivity contribution is 5.53. The minimum atomic E-state index is 0.561. The molecular formula is C15H25N3O. The smallest absolute Gasteiger partial charge is 0.171 e. The Hall–Kier alpha value is -1.29. The lowest BCUT2D eigenvalue weighted by Gasteiger charge is -2.35. The first-order chi connectivity index (χ1) is 9.36. The van der Waals surface area contributed by atoms with Gasteiger partial charge in [-0.3, -0.25) is 0 Å². The first kappa shape index (κ1) is 14.1. The molecule has 1 aliphatic carbocycles. The number of nitrogens with two attached hydrogens (primary N) is 1. The van der Waals surface area contributed by atoms with E-state index in [1.165, 1.54) is 32.1 Å². The molecule has 106 valence electrons. The Balaban J connectivity index is 2.21. The van der Waals surface area contributed by atoms with Gasteiger partial charge in [0.1, 0.15) is 0 Å². The van der Waals surface area contributed by atoms with Crippen molar-refractivity contribution in [3.8, 4) is 5.75 Å². The van der Waals surface area contributed by atoms with Crippen LogP contribution in [-0.2, 0) is 0 Å². The molecule has 0 amide bonds. The summed E-state index contributed by atoms with van der Waals surface area (Å²) in [6.45, 7) is 4.17. The summed E-state index contributed by atoms with van der Waals surface area (Å²) in [4.78, 5) is 6.89. The summed E-state index contributed by atoms with van der Waals surface area (Å²) in [6, 6.07) is 4.49. The van der Waals surface area contributed by atoms with E-state index in [1.54, 1.807) is 0 Å². The summed E-state index contributed by atoms with van der Waals surface area (Å²) < 4.78 is 5.71. The van der Waals surface area contributed by atoms with Crippen molar-refractivity contribution in [1.82, 2.24) is 4.98 Å². The molecule has 0 bridgehead atoms. The molecule has 0 atom stereocenters. The quantitative estimate of drug-likeness (QED) is 0.857. The third kappa shape index (κ3) is 3.60. The first-order valence-corrected chi connectivity index (χ1v) is 7.41. The maximum Gasteiger partial charge on any atom is 0.171 e. The molecule has 0 saturated heterocycles. The van der Waals surface area contributed by atoms with Gasteiger partial charge < -0.3 is 15.4 Å². The van der Waals surface area contributed by atoms with Crippen molar-refractivity contribution >= 4 is 5.82 Å². The van der Waals surface area contributed by atoms with Gasteiger partial charge >= 0.3 is 0 Å². The Bertz CT molecular complexity index is 377. The van der Waals surface area contributed by atoms with Gasteiger partial charge in [0.2, 0.25) is 0 Å². The zero-order chi connectivity index (χ0) is 13.5. The van der Waals surface area contributed by atoms with Gasteiger partial charge in [0.25, 0.3) is 0 Å². The predicted octanol–water partition coefficient (Wildman–Crippen LogP) is 2.58. The summed E-state index contributed by atoms with van der Waals surface area (Å²) in [5.41, 5.74) is 5.79. The highest BCUT2D eigenvalue weighted by Crippen LogP contribution is 2.31. The fourth-order valence-corrected chi connectivity index (χ4v) is 2.86. The molecule has 1 aromatic heterocycles. The molecule has 0 unspecified atom stereocenters. The Labute approximate surface area is 116 Å². The molecule has 0 aliphatic heterocycles. The molecule has 0 radical (unpaired) electrons. The third-order valence-electron chi connectivity index (χ3n) is 3.71. The molecule has 4 heteroatoms. The van der Waals surface area contributed by atoms with Crippen LogP contribution >= 0.6 is 0 Å². The molecule has 1 fully saturated rings. The molecular weight excluding hydrogens is 238 g/mol. The maximum atomic E-state index is 5.79. The lowest BCUT2D eigenvalue weighted by atomic mass is 9.94. The van der Waals surface area contributed by atoms with Gasteiger partial charge in [-0.15, -0.1) is 0 Å². The van der Waals surface area contributed by atoms with E-state index in [4.69, 9.17) is 10.5 Å². The fraction of sp³-hybridized carbons (Fsp3) is 0.667. The molecule has 1 saturated carbocycles. The molecule has 0 spiro atoms. The zero-order valence-electron chi connectivity index (χ0n) is 11.8. The first-order valence-electron chi connectivity index (χ1n) is 7.41. The SMILES string of the molecule is CCOc1cccnc1N(CCN)C1CCCCC1. The van der Waals surface area contributed by atoms with E-state index in [2.05, 4.69) is 9.88 Å². The molecule has 19 heavy (non-hydrogen) atoms. The van der Waals surface area contributed by atoms with Crippen LogP contribution in [0.25, 0.3) is 0 Å². The Morgan fingerprint density at radius 2 is 2.16 bits per heavy atom. The van der Waals surface area contributed by atoms with Crippen molar-refractivity contribution < 1.29 is 4.74 Å². The lowest BCUT2D eigenvalue weighted by molar-refractivity contribution is 0.335. The van der Waals surface area contributed by atoms with E-state index in [9.17, 15) is 0 Å². The van der Waals surface area contributed by atoms with Crippen LogP contribution in [0.4, 0.5) is 5.82 Å². The van der Waals surface area contributed by atoms with Crippen molar-refractivity contribution in [2.75, 3.05) is 24.6 Å². The molecule has 2 N–H and O–H groups in total. The van der Waals surface area contributed by atoms with E-state index >= 15 is 0 Å². The van der Waals surface area contributed by atoms with Crippen molar-refractivity contribution in [3.63, 3.8) is 0 Å². The van der Waals surface area contributed by atoms with Gasteiger partial charge in [0.15, 0.2) is 11.6 Å². The van der Waals surface area contributed by atoms with Gasteiger partial charge in [-0.1, -0.05) is 19.3 Å².